The molecular weight excluding hydrogens is 249 g/mol. The maximum absolute atomic E-state index is 12.7. The van der Waals surface area contributed by atoms with E-state index >= 15 is 0 Å². The van der Waals surface area contributed by atoms with Gasteiger partial charge in [0, 0.05) is 25.6 Å². The van der Waals surface area contributed by atoms with Crippen molar-refractivity contribution in [2.45, 2.75) is 25.4 Å². The Hall–Kier alpha value is -2.11. The number of halogens is 1. The molecule has 1 aromatic rings. The lowest BCUT2D eigenvalue weighted by molar-refractivity contribution is -0.122. The van der Waals surface area contributed by atoms with Crippen LogP contribution in [0.5, 0.6) is 0 Å². The van der Waals surface area contributed by atoms with Gasteiger partial charge in [0.15, 0.2) is 0 Å². The average Bonchev–Trinajstić information content (AvgIpc) is 2.41. The zero-order chi connectivity index (χ0) is 13.7. The lowest BCUT2D eigenvalue weighted by Crippen LogP contribution is -2.50. The standard InChI is InChI=1S/C13H16FN3O2/c14-10-3-1-9(2-4-10)7-16-13(19)17-11-5-6-12(18)15-8-11/h1-4,11H,5-8H2,(H,15,18)(H2,16,17,19)/t11-/m0/s1. The van der Waals surface area contributed by atoms with Gasteiger partial charge in [0.2, 0.25) is 5.91 Å². The van der Waals surface area contributed by atoms with Crippen LogP contribution in [-0.2, 0) is 11.3 Å². The SMILES string of the molecule is O=C1CC[C@H](NC(=O)NCc2ccc(F)cc2)CN1. The second-order valence-corrected chi connectivity index (χ2v) is 4.49. The van der Waals surface area contributed by atoms with Gasteiger partial charge in [-0.25, -0.2) is 9.18 Å². The zero-order valence-electron chi connectivity index (χ0n) is 10.4. The topological polar surface area (TPSA) is 70.2 Å². The molecule has 1 heterocycles. The van der Waals surface area contributed by atoms with Crippen LogP contribution in [0.3, 0.4) is 0 Å². The maximum Gasteiger partial charge on any atom is 0.315 e. The maximum atomic E-state index is 12.7. The fourth-order valence-electron chi connectivity index (χ4n) is 1.88. The quantitative estimate of drug-likeness (QED) is 0.760. The summed E-state index contributed by atoms with van der Waals surface area (Å²) in [5.74, 6) is -0.282. The molecule has 6 heteroatoms. The highest BCUT2D eigenvalue weighted by atomic mass is 19.1. The zero-order valence-corrected chi connectivity index (χ0v) is 10.4. The van der Waals surface area contributed by atoms with Gasteiger partial charge in [-0.05, 0) is 24.1 Å². The van der Waals surface area contributed by atoms with E-state index in [0.717, 1.165) is 5.56 Å². The van der Waals surface area contributed by atoms with Gasteiger partial charge in [0.1, 0.15) is 5.82 Å². The first-order valence-corrected chi connectivity index (χ1v) is 6.19. The van der Waals surface area contributed by atoms with E-state index in [2.05, 4.69) is 16.0 Å². The van der Waals surface area contributed by atoms with Crippen molar-refractivity contribution in [1.29, 1.82) is 0 Å². The smallest absolute Gasteiger partial charge is 0.315 e. The Labute approximate surface area is 110 Å². The highest BCUT2D eigenvalue weighted by Crippen LogP contribution is 2.03. The molecular formula is C13H16FN3O2. The number of piperidine rings is 1. The van der Waals surface area contributed by atoms with Crippen LogP contribution in [0.1, 0.15) is 18.4 Å². The Morgan fingerprint density at radius 1 is 1.37 bits per heavy atom. The number of hydrogen-bond donors (Lipinski definition) is 3. The number of urea groups is 1. The number of amides is 3. The first kappa shape index (κ1) is 13.3. The molecule has 1 atom stereocenters. The lowest BCUT2D eigenvalue weighted by atomic mass is 10.1. The third kappa shape index (κ3) is 4.24. The summed E-state index contributed by atoms with van der Waals surface area (Å²) >= 11 is 0. The number of nitrogens with one attached hydrogen (secondary N) is 3. The fourth-order valence-corrected chi connectivity index (χ4v) is 1.88. The number of hydrogen-bond acceptors (Lipinski definition) is 2. The van der Waals surface area contributed by atoms with Crippen LogP contribution in [0, 0.1) is 5.82 Å². The molecule has 1 aromatic carbocycles. The van der Waals surface area contributed by atoms with E-state index in [9.17, 15) is 14.0 Å². The van der Waals surface area contributed by atoms with E-state index in [4.69, 9.17) is 0 Å². The molecule has 3 amide bonds. The molecule has 0 bridgehead atoms. The Morgan fingerprint density at radius 3 is 2.74 bits per heavy atom. The largest absolute Gasteiger partial charge is 0.354 e. The summed E-state index contributed by atoms with van der Waals surface area (Å²) in [5.41, 5.74) is 0.827. The van der Waals surface area contributed by atoms with Crippen molar-refractivity contribution in [3.8, 4) is 0 Å². The number of carbonyl (C=O) groups is 2. The Kier molecular flexibility index (Phi) is 4.33. The summed E-state index contributed by atoms with van der Waals surface area (Å²) in [4.78, 5) is 22.6. The average molecular weight is 265 g/mol. The molecule has 0 radical (unpaired) electrons. The van der Waals surface area contributed by atoms with Crippen molar-refractivity contribution in [3.63, 3.8) is 0 Å². The molecule has 1 saturated heterocycles. The monoisotopic (exact) mass is 265 g/mol. The van der Waals surface area contributed by atoms with Crippen LogP contribution in [0.25, 0.3) is 0 Å². The van der Waals surface area contributed by atoms with Gasteiger partial charge in [-0.2, -0.15) is 0 Å². The van der Waals surface area contributed by atoms with E-state index in [1.807, 2.05) is 0 Å². The minimum atomic E-state index is -0.300. The lowest BCUT2D eigenvalue weighted by Gasteiger charge is -2.23. The first-order valence-electron chi connectivity index (χ1n) is 6.19. The molecule has 1 aliphatic rings. The Morgan fingerprint density at radius 2 is 2.11 bits per heavy atom. The van der Waals surface area contributed by atoms with Crippen LogP contribution < -0.4 is 16.0 Å². The van der Waals surface area contributed by atoms with E-state index in [1.54, 1.807) is 12.1 Å². The summed E-state index contributed by atoms with van der Waals surface area (Å²) in [6.07, 6.45) is 1.08. The van der Waals surface area contributed by atoms with E-state index in [0.29, 0.717) is 25.9 Å². The van der Waals surface area contributed by atoms with Gasteiger partial charge in [-0.1, -0.05) is 12.1 Å². The second-order valence-electron chi connectivity index (χ2n) is 4.49. The third-order valence-electron chi connectivity index (χ3n) is 2.97. The number of benzene rings is 1. The first-order chi connectivity index (χ1) is 9.13. The molecule has 2 rings (SSSR count). The Balaban J connectivity index is 1.72. The number of carbonyl (C=O) groups excluding carboxylic acids is 2. The van der Waals surface area contributed by atoms with Gasteiger partial charge < -0.3 is 16.0 Å². The summed E-state index contributed by atoms with van der Waals surface area (Å²) in [6, 6.07) is 5.63. The summed E-state index contributed by atoms with van der Waals surface area (Å²) in [5, 5.41) is 8.17. The highest BCUT2D eigenvalue weighted by molar-refractivity contribution is 5.78. The van der Waals surface area contributed by atoms with Gasteiger partial charge in [0.05, 0.1) is 0 Å². The van der Waals surface area contributed by atoms with Crippen molar-refractivity contribution < 1.29 is 14.0 Å². The van der Waals surface area contributed by atoms with E-state index < -0.39 is 0 Å². The van der Waals surface area contributed by atoms with E-state index in [1.165, 1.54) is 12.1 Å². The normalized spacial score (nSPS) is 18.6. The van der Waals surface area contributed by atoms with Gasteiger partial charge >= 0.3 is 6.03 Å². The fraction of sp³-hybridized carbons (Fsp3) is 0.385. The van der Waals surface area contributed by atoms with Gasteiger partial charge in [-0.15, -0.1) is 0 Å². The molecule has 102 valence electrons. The second kappa shape index (κ2) is 6.17. The molecule has 0 spiro atoms. The minimum Gasteiger partial charge on any atom is -0.354 e. The van der Waals surface area contributed by atoms with Crippen LogP contribution in [0.15, 0.2) is 24.3 Å². The van der Waals surface area contributed by atoms with Crippen LogP contribution in [0.4, 0.5) is 9.18 Å². The molecule has 0 saturated carbocycles. The van der Waals surface area contributed by atoms with Crippen molar-refractivity contribution in [3.05, 3.63) is 35.6 Å². The molecule has 1 aliphatic heterocycles. The predicted octanol–water partition coefficient (Wildman–Crippen LogP) is 0.903. The van der Waals surface area contributed by atoms with Crippen LogP contribution in [-0.4, -0.2) is 24.5 Å². The van der Waals surface area contributed by atoms with Crippen molar-refractivity contribution >= 4 is 11.9 Å². The molecule has 1 fully saturated rings. The highest BCUT2D eigenvalue weighted by Gasteiger charge is 2.19. The molecule has 0 unspecified atom stereocenters. The van der Waals surface area contributed by atoms with Crippen molar-refractivity contribution in [2.75, 3.05) is 6.54 Å². The van der Waals surface area contributed by atoms with Gasteiger partial charge in [-0.3, -0.25) is 4.79 Å². The predicted molar refractivity (Wildman–Crippen MR) is 67.8 cm³/mol. The Bertz CT molecular complexity index is 451. The molecule has 0 aromatic heterocycles. The molecule has 3 N–H and O–H groups in total. The van der Waals surface area contributed by atoms with Gasteiger partial charge in [0.25, 0.3) is 0 Å². The van der Waals surface area contributed by atoms with Crippen molar-refractivity contribution in [2.24, 2.45) is 0 Å². The summed E-state index contributed by atoms with van der Waals surface area (Å²) in [7, 11) is 0. The number of rotatable bonds is 3. The summed E-state index contributed by atoms with van der Waals surface area (Å²) < 4.78 is 12.7. The van der Waals surface area contributed by atoms with Crippen LogP contribution >= 0.6 is 0 Å². The van der Waals surface area contributed by atoms with Crippen molar-refractivity contribution in [1.82, 2.24) is 16.0 Å². The van der Waals surface area contributed by atoms with E-state index in [-0.39, 0.29) is 23.8 Å². The molecule has 5 nitrogen and oxygen atoms in total. The van der Waals surface area contributed by atoms with Crippen LogP contribution in [0.2, 0.25) is 0 Å². The third-order valence-corrected chi connectivity index (χ3v) is 2.97. The molecule has 19 heavy (non-hydrogen) atoms. The molecule has 0 aliphatic carbocycles. The minimum absolute atomic E-state index is 0.0183. The summed E-state index contributed by atoms with van der Waals surface area (Å²) in [6.45, 7) is 0.800.